The summed E-state index contributed by atoms with van der Waals surface area (Å²) >= 11 is 0. The second-order valence-electron chi connectivity index (χ2n) is 4.48. The van der Waals surface area contributed by atoms with Gasteiger partial charge < -0.3 is 0 Å². The summed E-state index contributed by atoms with van der Waals surface area (Å²) in [5.74, 6) is 0. The molecule has 0 bridgehead atoms. The topological polar surface area (TPSA) is 61.2 Å². The van der Waals surface area contributed by atoms with Crippen LogP contribution in [0.2, 0.25) is 0 Å². The Kier molecular flexibility index (Phi) is 4.87. The molecule has 0 spiro atoms. The molecule has 0 fully saturated rings. The summed E-state index contributed by atoms with van der Waals surface area (Å²) in [5, 5.41) is 8.86. The fourth-order valence-electron chi connectivity index (χ4n) is 1.74. The lowest BCUT2D eigenvalue weighted by Crippen LogP contribution is -2.32. The van der Waals surface area contributed by atoms with E-state index < -0.39 is 10.0 Å². The molecule has 0 aliphatic rings. The van der Waals surface area contributed by atoms with Gasteiger partial charge in [0.25, 0.3) is 0 Å². The fraction of sp³-hybridized carbons (Fsp3) is 0.357. The Morgan fingerprint density at radius 3 is 2.53 bits per heavy atom. The molecule has 19 heavy (non-hydrogen) atoms. The molecule has 0 radical (unpaired) electrons. The first-order chi connectivity index (χ1) is 8.82. The number of nitrogens with zero attached hydrogens (tertiary/aromatic N) is 2. The third-order valence-corrected chi connectivity index (χ3v) is 4.67. The number of likely N-dealkylation sites (N-methyl/N-ethyl adjacent to an activating group) is 1. The highest BCUT2D eigenvalue weighted by molar-refractivity contribution is 7.89. The largest absolute Gasteiger partial charge is 0.243 e. The van der Waals surface area contributed by atoms with Crippen molar-refractivity contribution in [2.24, 2.45) is 0 Å². The Hall–Kier alpha value is -1.64. The van der Waals surface area contributed by atoms with Gasteiger partial charge in [0.2, 0.25) is 10.0 Å². The first kappa shape index (κ1) is 15.4. The van der Waals surface area contributed by atoms with E-state index >= 15 is 0 Å². The highest BCUT2D eigenvalue weighted by Gasteiger charge is 2.23. The van der Waals surface area contributed by atoms with Gasteiger partial charge in [0, 0.05) is 13.1 Å². The molecule has 0 saturated carbocycles. The Balaban J connectivity index is 3.23. The van der Waals surface area contributed by atoms with Crippen molar-refractivity contribution in [1.29, 1.82) is 5.26 Å². The standard InChI is InChI=1S/C14H18N2O2S/c1-5-16(10-11(2)3)19(17,18)14-7-6-13(9-15)12(4)8-14/h6-8H,2,5,10H2,1,3-4H3. The van der Waals surface area contributed by atoms with Crippen molar-refractivity contribution < 1.29 is 8.42 Å². The Labute approximate surface area is 115 Å². The number of aryl methyl sites for hydroxylation is 1. The van der Waals surface area contributed by atoms with E-state index in [9.17, 15) is 8.42 Å². The maximum atomic E-state index is 12.5. The summed E-state index contributed by atoms with van der Waals surface area (Å²) in [7, 11) is -3.53. The van der Waals surface area contributed by atoms with Gasteiger partial charge in [-0.1, -0.05) is 19.1 Å². The van der Waals surface area contributed by atoms with Gasteiger partial charge in [0.1, 0.15) is 0 Å². The van der Waals surface area contributed by atoms with Crippen molar-refractivity contribution in [1.82, 2.24) is 4.31 Å². The molecular formula is C14H18N2O2S. The zero-order valence-corrected chi connectivity index (χ0v) is 12.3. The van der Waals surface area contributed by atoms with Gasteiger partial charge in [-0.15, -0.1) is 0 Å². The minimum absolute atomic E-state index is 0.215. The molecule has 1 aromatic carbocycles. The maximum absolute atomic E-state index is 12.5. The van der Waals surface area contributed by atoms with Crippen LogP contribution in [0.3, 0.4) is 0 Å². The van der Waals surface area contributed by atoms with Gasteiger partial charge in [-0.05, 0) is 37.6 Å². The van der Waals surface area contributed by atoms with E-state index in [1.807, 2.05) is 6.07 Å². The van der Waals surface area contributed by atoms with Crippen LogP contribution in [0, 0.1) is 18.3 Å². The van der Waals surface area contributed by atoms with Crippen LogP contribution in [0.4, 0.5) is 0 Å². The summed E-state index contributed by atoms with van der Waals surface area (Å²) in [6.45, 7) is 9.74. The smallest absolute Gasteiger partial charge is 0.207 e. The van der Waals surface area contributed by atoms with Gasteiger partial charge in [-0.25, -0.2) is 8.42 Å². The molecule has 0 aromatic heterocycles. The normalized spacial score (nSPS) is 11.3. The van der Waals surface area contributed by atoms with Crippen LogP contribution in [0.15, 0.2) is 35.2 Å². The predicted molar refractivity (Wildman–Crippen MR) is 75.1 cm³/mol. The monoisotopic (exact) mass is 278 g/mol. The average molecular weight is 278 g/mol. The summed E-state index contributed by atoms with van der Waals surface area (Å²) in [4.78, 5) is 0.215. The molecule has 0 unspecified atom stereocenters. The summed E-state index contributed by atoms with van der Waals surface area (Å²) in [5.41, 5.74) is 1.94. The molecule has 0 aliphatic carbocycles. The van der Waals surface area contributed by atoms with E-state index in [1.165, 1.54) is 22.5 Å². The van der Waals surface area contributed by atoms with Gasteiger partial charge in [0.15, 0.2) is 0 Å². The molecule has 0 heterocycles. The van der Waals surface area contributed by atoms with Crippen LogP contribution in [0.25, 0.3) is 0 Å². The zero-order chi connectivity index (χ0) is 14.6. The maximum Gasteiger partial charge on any atom is 0.243 e. The second kappa shape index (κ2) is 6.00. The molecule has 1 aromatic rings. The van der Waals surface area contributed by atoms with Crippen LogP contribution in [-0.2, 0) is 10.0 Å². The third kappa shape index (κ3) is 3.43. The summed E-state index contributed by atoms with van der Waals surface area (Å²) in [6.07, 6.45) is 0. The van der Waals surface area contributed by atoms with Gasteiger partial charge in [-0.3, -0.25) is 0 Å². The number of sulfonamides is 1. The lowest BCUT2D eigenvalue weighted by atomic mass is 10.1. The minimum Gasteiger partial charge on any atom is -0.207 e. The first-order valence-electron chi connectivity index (χ1n) is 5.98. The van der Waals surface area contributed by atoms with E-state index in [2.05, 4.69) is 6.58 Å². The quantitative estimate of drug-likeness (QED) is 0.777. The molecule has 0 N–H and O–H groups in total. The minimum atomic E-state index is -3.53. The lowest BCUT2D eigenvalue weighted by Gasteiger charge is -2.20. The van der Waals surface area contributed by atoms with Crippen LogP contribution in [0.1, 0.15) is 25.0 Å². The Morgan fingerprint density at radius 2 is 2.11 bits per heavy atom. The number of hydrogen-bond donors (Lipinski definition) is 0. The summed E-state index contributed by atoms with van der Waals surface area (Å²) in [6, 6.07) is 6.58. The van der Waals surface area contributed by atoms with Crippen molar-refractivity contribution in [2.75, 3.05) is 13.1 Å². The predicted octanol–water partition coefficient (Wildman–Crippen LogP) is 2.45. The molecular weight excluding hydrogens is 260 g/mol. The van der Waals surface area contributed by atoms with Crippen LogP contribution < -0.4 is 0 Å². The van der Waals surface area contributed by atoms with Crippen molar-refractivity contribution in [2.45, 2.75) is 25.7 Å². The second-order valence-corrected chi connectivity index (χ2v) is 6.41. The lowest BCUT2D eigenvalue weighted by molar-refractivity contribution is 0.453. The average Bonchev–Trinajstić information content (AvgIpc) is 2.35. The van der Waals surface area contributed by atoms with Gasteiger partial charge in [-0.2, -0.15) is 9.57 Å². The van der Waals surface area contributed by atoms with Crippen LogP contribution in [-0.4, -0.2) is 25.8 Å². The number of benzene rings is 1. The number of rotatable bonds is 5. The van der Waals surface area contributed by atoms with Crippen molar-refractivity contribution in [3.8, 4) is 6.07 Å². The molecule has 1 rings (SSSR count). The highest BCUT2D eigenvalue weighted by atomic mass is 32.2. The Bertz CT molecular complexity index is 627. The third-order valence-electron chi connectivity index (χ3n) is 2.76. The van der Waals surface area contributed by atoms with Crippen molar-refractivity contribution in [3.63, 3.8) is 0 Å². The zero-order valence-electron chi connectivity index (χ0n) is 11.5. The fourth-order valence-corrected chi connectivity index (χ4v) is 3.33. The SMILES string of the molecule is C=C(C)CN(CC)S(=O)(=O)c1ccc(C#N)c(C)c1. The van der Waals surface area contributed by atoms with E-state index in [0.29, 0.717) is 24.2 Å². The number of hydrogen-bond acceptors (Lipinski definition) is 3. The summed E-state index contributed by atoms with van der Waals surface area (Å²) < 4.78 is 26.3. The van der Waals surface area contributed by atoms with E-state index in [-0.39, 0.29) is 4.90 Å². The molecule has 4 nitrogen and oxygen atoms in total. The Morgan fingerprint density at radius 1 is 1.47 bits per heavy atom. The van der Waals surface area contributed by atoms with E-state index in [0.717, 1.165) is 5.57 Å². The molecule has 0 aliphatic heterocycles. The van der Waals surface area contributed by atoms with Crippen LogP contribution >= 0.6 is 0 Å². The molecule has 0 atom stereocenters. The molecule has 0 saturated heterocycles. The number of nitriles is 1. The van der Waals surface area contributed by atoms with Gasteiger partial charge >= 0.3 is 0 Å². The first-order valence-corrected chi connectivity index (χ1v) is 7.42. The molecule has 0 amide bonds. The molecule has 102 valence electrons. The molecule has 5 heteroatoms. The van der Waals surface area contributed by atoms with Crippen molar-refractivity contribution >= 4 is 10.0 Å². The van der Waals surface area contributed by atoms with E-state index in [1.54, 1.807) is 20.8 Å². The van der Waals surface area contributed by atoms with Crippen LogP contribution in [0.5, 0.6) is 0 Å². The van der Waals surface area contributed by atoms with E-state index in [4.69, 9.17) is 5.26 Å². The van der Waals surface area contributed by atoms with Crippen molar-refractivity contribution in [3.05, 3.63) is 41.5 Å². The highest BCUT2D eigenvalue weighted by Crippen LogP contribution is 2.19. The van der Waals surface area contributed by atoms with Gasteiger partial charge in [0.05, 0.1) is 16.5 Å².